The molecule has 0 unspecified atom stereocenters. The van der Waals surface area contributed by atoms with E-state index in [1.165, 1.54) is 5.56 Å². The van der Waals surface area contributed by atoms with Crippen LogP contribution < -0.4 is 15.4 Å². The van der Waals surface area contributed by atoms with Gasteiger partial charge in [0.2, 0.25) is 5.91 Å². The third kappa shape index (κ3) is 10.9. The third-order valence-corrected chi connectivity index (χ3v) is 10.3. The van der Waals surface area contributed by atoms with Crippen LogP contribution in [0.1, 0.15) is 69.2 Å². The van der Waals surface area contributed by atoms with Gasteiger partial charge in [-0.3, -0.25) is 9.59 Å². The number of phenols is 2. The average molecular weight is 731 g/mol. The number of amides is 2. The first-order valence-corrected chi connectivity index (χ1v) is 19.1. The molecule has 2 aliphatic heterocycles. The second-order valence-electron chi connectivity index (χ2n) is 15.0. The van der Waals surface area contributed by atoms with Crippen molar-refractivity contribution >= 4 is 17.5 Å². The van der Waals surface area contributed by atoms with Crippen LogP contribution in [0, 0.1) is 0 Å². The van der Waals surface area contributed by atoms with Crippen molar-refractivity contribution in [3.05, 3.63) is 82.9 Å². The van der Waals surface area contributed by atoms with Gasteiger partial charge in [0.15, 0.2) is 12.4 Å². The summed E-state index contributed by atoms with van der Waals surface area (Å²) in [7, 11) is 0. The highest BCUT2D eigenvalue weighted by Gasteiger charge is 2.39. The molecule has 288 valence electrons. The summed E-state index contributed by atoms with van der Waals surface area (Å²) in [4.78, 5) is 29.4. The van der Waals surface area contributed by atoms with Gasteiger partial charge >= 0.3 is 0 Å². The first-order chi connectivity index (χ1) is 25.5. The highest BCUT2D eigenvalue weighted by Crippen LogP contribution is 2.45. The molecule has 4 N–H and O–H groups in total. The van der Waals surface area contributed by atoms with Gasteiger partial charge in [-0.1, -0.05) is 55.5 Å². The second kappa shape index (κ2) is 18.7. The Labute approximate surface area is 314 Å². The van der Waals surface area contributed by atoms with E-state index in [0.717, 1.165) is 49.2 Å². The van der Waals surface area contributed by atoms with Gasteiger partial charge in [0.25, 0.3) is 5.91 Å². The summed E-state index contributed by atoms with van der Waals surface area (Å²) in [6, 6.07) is 19.9. The Balaban J connectivity index is 1.11. The number of nitrogens with one attached hydrogen (secondary N) is 2. The molecule has 1 fully saturated rings. The summed E-state index contributed by atoms with van der Waals surface area (Å²) in [5.74, 6) is 0.524. The number of nitrogens with zero attached hydrogens (tertiary/aromatic N) is 2. The normalized spacial score (nSPS) is 15.7. The molecule has 0 saturated carbocycles. The van der Waals surface area contributed by atoms with Crippen LogP contribution in [0.25, 0.3) is 0 Å². The maximum absolute atomic E-state index is 13.4. The fourth-order valence-electron chi connectivity index (χ4n) is 7.25. The van der Waals surface area contributed by atoms with E-state index in [1.54, 1.807) is 12.1 Å². The number of fused-ring (bicyclic) bond motifs is 1. The maximum atomic E-state index is 13.4. The summed E-state index contributed by atoms with van der Waals surface area (Å²) in [5, 5.41) is 27.4. The Hall–Kier alpha value is -4.16. The van der Waals surface area contributed by atoms with Crippen molar-refractivity contribution in [2.24, 2.45) is 0 Å². The van der Waals surface area contributed by atoms with E-state index in [4.69, 9.17) is 14.2 Å². The number of anilines is 1. The lowest BCUT2D eigenvalue weighted by atomic mass is 9.67. The summed E-state index contributed by atoms with van der Waals surface area (Å²) in [6.45, 7) is 14.5. The van der Waals surface area contributed by atoms with Gasteiger partial charge in [0.05, 0.1) is 31.8 Å². The molecule has 11 heteroatoms. The van der Waals surface area contributed by atoms with Gasteiger partial charge in [-0.2, -0.15) is 0 Å². The Morgan fingerprint density at radius 2 is 1.72 bits per heavy atom. The van der Waals surface area contributed by atoms with Gasteiger partial charge < -0.3 is 44.9 Å². The molecule has 0 aliphatic carbocycles. The number of likely N-dealkylation sites (tertiary alicyclic amines) is 1. The molecule has 0 spiro atoms. The van der Waals surface area contributed by atoms with Gasteiger partial charge in [0, 0.05) is 30.6 Å². The number of hydrogen-bond acceptors (Lipinski definition) is 9. The molecule has 0 bridgehead atoms. The molecule has 3 aromatic rings. The number of piperidine rings is 1. The van der Waals surface area contributed by atoms with Crippen molar-refractivity contribution < 1.29 is 34.0 Å². The summed E-state index contributed by atoms with van der Waals surface area (Å²) in [5.41, 5.74) is 3.98. The lowest BCUT2D eigenvalue weighted by molar-refractivity contribution is -0.134. The van der Waals surface area contributed by atoms with Crippen molar-refractivity contribution in [3.8, 4) is 17.2 Å². The SMILES string of the molecule is CCN1CCC(c2ccccc2)(c2cc(CCOCCC(=O)N(CCNCCc3ccc(O)c4c3OCC(=O)N4)CCOC(C)(C)C)ccc2O)CC1. The minimum Gasteiger partial charge on any atom is -0.508 e. The number of hydrogen-bond donors (Lipinski definition) is 4. The number of rotatable bonds is 18. The minimum absolute atomic E-state index is 0.0104. The van der Waals surface area contributed by atoms with Gasteiger partial charge in [-0.05, 0) is 101 Å². The first-order valence-electron chi connectivity index (χ1n) is 19.1. The van der Waals surface area contributed by atoms with E-state index in [9.17, 15) is 19.8 Å². The van der Waals surface area contributed by atoms with Crippen LogP contribution in [0.15, 0.2) is 60.7 Å². The Kier molecular flexibility index (Phi) is 14.2. The highest BCUT2D eigenvalue weighted by atomic mass is 16.5. The molecule has 2 aliphatic rings. The molecule has 2 amide bonds. The molecule has 0 aromatic heterocycles. The average Bonchev–Trinajstić information content (AvgIpc) is 3.15. The fraction of sp³-hybridized carbons (Fsp3) is 0.524. The lowest BCUT2D eigenvalue weighted by Crippen LogP contribution is -2.43. The Bertz CT molecular complexity index is 1650. The molecule has 5 rings (SSSR count). The predicted octanol–water partition coefficient (Wildman–Crippen LogP) is 5.26. The standard InChI is InChI=1S/C42H58N4O7/c1-5-45-22-18-42(19-23-45,33-9-7-6-8-10-33)34-29-31(11-13-35(34)47)16-26-51-27-17-38(50)46(25-28-53-41(2,3)4)24-21-43-20-15-32-12-14-36(48)39-40(32)52-30-37(49)44-39/h6-14,29,43,47-48H,5,15-28,30H2,1-4H3,(H,44,49). The van der Waals surface area contributed by atoms with Crippen LogP contribution in [-0.2, 0) is 37.3 Å². The van der Waals surface area contributed by atoms with E-state index < -0.39 is 0 Å². The Morgan fingerprint density at radius 1 is 0.962 bits per heavy atom. The number of carbonyl (C=O) groups is 2. The maximum Gasteiger partial charge on any atom is 0.262 e. The summed E-state index contributed by atoms with van der Waals surface area (Å²) in [6.07, 6.45) is 3.47. The topological polar surface area (TPSA) is 133 Å². The molecule has 0 radical (unpaired) electrons. The van der Waals surface area contributed by atoms with Crippen LogP contribution in [0.3, 0.4) is 0 Å². The molecule has 0 atom stereocenters. The van der Waals surface area contributed by atoms with Gasteiger partial charge in [-0.25, -0.2) is 0 Å². The number of aromatic hydroxyl groups is 2. The van der Waals surface area contributed by atoms with Crippen LogP contribution in [-0.4, -0.2) is 110 Å². The van der Waals surface area contributed by atoms with Crippen molar-refractivity contribution in [1.82, 2.24) is 15.1 Å². The smallest absolute Gasteiger partial charge is 0.262 e. The third-order valence-electron chi connectivity index (χ3n) is 10.3. The molecular formula is C42H58N4O7. The molecule has 1 saturated heterocycles. The minimum atomic E-state index is -0.303. The van der Waals surface area contributed by atoms with E-state index in [2.05, 4.69) is 52.8 Å². The van der Waals surface area contributed by atoms with Crippen LogP contribution >= 0.6 is 0 Å². The van der Waals surface area contributed by atoms with Crippen molar-refractivity contribution in [2.45, 2.75) is 70.8 Å². The van der Waals surface area contributed by atoms with Crippen molar-refractivity contribution in [1.29, 1.82) is 0 Å². The predicted molar refractivity (Wildman–Crippen MR) is 207 cm³/mol. The zero-order valence-electron chi connectivity index (χ0n) is 31.9. The molecule has 53 heavy (non-hydrogen) atoms. The monoisotopic (exact) mass is 730 g/mol. The van der Waals surface area contributed by atoms with Crippen LogP contribution in [0.4, 0.5) is 5.69 Å². The lowest BCUT2D eigenvalue weighted by Gasteiger charge is -2.43. The quantitative estimate of drug-likeness (QED) is 0.102. The first kappa shape index (κ1) is 40.0. The van der Waals surface area contributed by atoms with E-state index >= 15 is 0 Å². The van der Waals surface area contributed by atoms with Gasteiger partial charge in [-0.15, -0.1) is 0 Å². The van der Waals surface area contributed by atoms with E-state index in [1.807, 2.05) is 43.9 Å². The Morgan fingerprint density at radius 3 is 2.45 bits per heavy atom. The van der Waals surface area contributed by atoms with E-state index in [-0.39, 0.29) is 41.6 Å². The number of ether oxygens (including phenoxy) is 3. The van der Waals surface area contributed by atoms with Crippen molar-refractivity contribution in [3.63, 3.8) is 0 Å². The molecule has 11 nitrogen and oxygen atoms in total. The van der Waals surface area contributed by atoms with E-state index in [0.29, 0.717) is 76.0 Å². The summed E-state index contributed by atoms with van der Waals surface area (Å²) >= 11 is 0. The van der Waals surface area contributed by atoms with Gasteiger partial charge in [0.1, 0.15) is 17.2 Å². The number of phenolic OH excluding ortho intramolecular Hbond substituents is 2. The fourth-order valence-corrected chi connectivity index (χ4v) is 7.25. The summed E-state index contributed by atoms with van der Waals surface area (Å²) < 4.78 is 17.5. The van der Waals surface area contributed by atoms with Crippen molar-refractivity contribution in [2.75, 3.05) is 77.6 Å². The van der Waals surface area contributed by atoms with Crippen LogP contribution in [0.5, 0.6) is 17.2 Å². The number of benzene rings is 3. The largest absolute Gasteiger partial charge is 0.508 e. The number of carbonyl (C=O) groups excluding carboxylic acids is 2. The van der Waals surface area contributed by atoms with Crippen LogP contribution in [0.2, 0.25) is 0 Å². The zero-order valence-corrected chi connectivity index (χ0v) is 31.9. The molecular weight excluding hydrogens is 672 g/mol. The zero-order chi connectivity index (χ0) is 37.8. The molecule has 3 aromatic carbocycles. The molecule has 2 heterocycles. The second-order valence-corrected chi connectivity index (χ2v) is 15.0. The highest BCUT2D eigenvalue weighted by molar-refractivity contribution is 5.97.